The van der Waals surface area contributed by atoms with Crippen molar-refractivity contribution < 1.29 is 9.47 Å². The van der Waals surface area contributed by atoms with E-state index in [9.17, 15) is 0 Å². The van der Waals surface area contributed by atoms with Gasteiger partial charge in [0.25, 0.3) is 0 Å². The monoisotopic (exact) mass is 292 g/mol. The maximum absolute atomic E-state index is 6.09. The lowest BCUT2D eigenvalue weighted by atomic mass is 9.89. The molecule has 4 nitrogen and oxygen atoms in total. The molecular formula is C17H28N2O2. The van der Waals surface area contributed by atoms with Gasteiger partial charge in [0.2, 0.25) is 0 Å². The van der Waals surface area contributed by atoms with Gasteiger partial charge in [-0.25, -0.2) is 0 Å². The van der Waals surface area contributed by atoms with Crippen molar-refractivity contribution in [3.05, 3.63) is 23.8 Å². The molecule has 3 atom stereocenters. The number of hydrogen-bond donors (Lipinski definition) is 1. The van der Waals surface area contributed by atoms with Gasteiger partial charge in [-0.2, -0.15) is 0 Å². The SMILES string of the molecule is COc1ccc(C(CN)N2CC(C)CC(C)C2)c(OC)c1. The van der Waals surface area contributed by atoms with Crippen molar-refractivity contribution in [3.8, 4) is 11.5 Å². The smallest absolute Gasteiger partial charge is 0.127 e. The van der Waals surface area contributed by atoms with E-state index in [0.29, 0.717) is 18.4 Å². The van der Waals surface area contributed by atoms with Gasteiger partial charge in [-0.3, -0.25) is 4.90 Å². The molecule has 0 aliphatic carbocycles. The molecule has 21 heavy (non-hydrogen) atoms. The Kier molecular flexibility index (Phi) is 5.48. The maximum Gasteiger partial charge on any atom is 0.127 e. The Balaban J connectivity index is 2.28. The van der Waals surface area contributed by atoms with Gasteiger partial charge in [-0.15, -0.1) is 0 Å². The summed E-state index contributed by atoms with van der Waals surface area (Å²) in [6.45, 7) is 7.44. The van der Waals surface area contributed by atoms with E-state index in [0.717, 1.165) is 30.2 Å². The molecule has 2 rings (SSSR count). The Labute approximate surface area is 128 Å². The Morgan fingerprint density at radius 2 is 1.86 bits per heavy atom. The topological polar surface area (TPSA) is 47.7 Å². The van der Waals surface area contributed by atoms with Crippen molar-refractivity contribution in [3.63, 3.8) is 0 Å². The molecule has 0 aromatic heterocycles. The van der Waals surface area contributed by atoms with E-state index in [-0.39, 0.29) is 6.04 Å². The third kappa shape index (κ3) is 3.69. The summed E-state index contributed by atoms with van der Waals surface area (Å²) in [5, 5.41) is 0. The standard InChI is InChI=1S/C17H28N2O2/c1-12-7-13(2)11-19(10-12)16(9-18)15-6-5-14(20-3)8-17(15)21-4/h5-6,8,12-13,16H,7,9-11,18H2,1-4H3. The quantitative estimate of drug-likeness (QED) is 0.906. The van der Waals surface area contributed by atoms with E-state index in [2.05, 4.69) is 24.8 Å². The molecule has 3 unspecified atom stereocenters. The van der Waals surface area contributed by atoms with Crippen molar-refractivity contribution in [2.45, 2.75) is 26.3 Å². The van der Waals surface area contributed by atoms with Gasteiger partial charge < -0.3 is 15.2 Å². The summed E-state index contributed by atoms with van der Waals surface area (Å²) < 4.78 is 10.8. The van der Waals surface area contributed by atoms with Crippen LogP contribution in [-0.2, 0) is 0 Å². The molecule has 4 heteroatoms. The first kappa shape index (κ1) is 16.1. The number of piperidine rings is 1. The third-order valence-corrected chi connectivity index (χ3v) is 4.36. The van der Waals surface area contributed by atoms with Gasteiger partial charge in [0.1, 0.15) is 11.5 Å². The number of ether oxygens (including phenoxy) is 2. The summed E-state index contributed by atoms with van der Waals surface area (Å²) in [5.74, 6) is 3.10. The van der Waals surface area contributed by atoms with Crippen LogP contribution < -0.4 is 15.2 Å². The minimum Gasteiger partial charge on any atom is -0.497 e. The van der Waals surface area contributed by atoms with Gasteiger partial charge in [-0.05, 0) is 24.3 Å². The maximum atomic E-state index is 6.09. The van der Waals surface area contributed by atoms with Crippen molar-refractivity contribution >= 4 is 0 Å². The van der Waals surface area contributed by atoms with E-state index in [1.807, 2.05) is 12.1 Å². The summed E-state index contributed by atoms with van der Waals surface area (Å²) >= 11 is 0. The van der Waals surface area contributed by atoms with Gasteiger partial charge in [0, 0.05) is 31.3 Å². The number of nitrogens with two attached hydrogens (primary N) is 1. The fraction of sp³-hybridized carbons (Fsp3) is 0.647. The van der Waals surface area contributed by atoms with Gasteiger partial charge in [0.05, 0.1) is 20.3 Å². The lowest BCUT2D eigenvalue weighted by Gasteiger charge is -2.40. The van der Waals surface area contributed by atoms with Crippen LogP contribution in [0.3, 0.4) is 0 Å². The van der Waals surface area contributed by atoms with Crippen LogP contribution in [0, 0.1) is 11.8 Å². The molecule has 0 bridgehead atoms. The second kappa shape index (κ2) is 7.14. The summed E-state index contributed by atoms with van der Waals surface area (Å²) in [5.41, 5.74) is 7.25. The lowest BCUT2D eigenvalue weighted by Crippen LogP contribution is -2.43. The largest absolute Gasteiger partial charge is 0.497 e. The molecule has 1 fully saturated rings. The zero-order valence-electron chi connectivity index (χ0n) is 13.6. The molecule has 0 radical (unpaired) electrons. The van der Waals surface area contributed by atoms with Gasteiger partial charge in [-0.1, -0.05) is 19.9 Å². The number of methoxy groups -OCH3 is 2. The molecule has 1 aromatic carbocycles. The highest BCUT2D eigenvalue weighted by atomic mass is 16.5. The summed E-state index contributed by atoms with van der Waals surface area (Å²) in [6.07, 6.45) is 1.30. The van der Waals surface area contributed by atoms with Crippen LogP contribution >= 0.6 is 0 Å². The number of hydrogen-bond acceptors (Lipinski definition) is 4. The van der Waals surface area contributed by atoms with Crippen LogP contribution in [0.25, 0.3) is 0 Å². The summed E-state index contributed by atoms with van der Waals surface area (Å²) in [4.78, 5) is 2.50. The van der Waals surface area contributed by atoms with Gasteiger partial charge >= 0.3 is 0 Å². The fourth-order valence-electron chi connectivity index (χ4n) is 3.53. The Morgan fingerprint density at radius 1 is 1.19 bits per heavy atom. The highest BCUT2D eigenvalue weighted by molar-refractivity contribution is 5.42. The van der Waals surface area contributed by atoms with Crippen LogP contribution in [0.15, 0.2) is 18.2 Å². The zero-order valence-corrected chi connectivity index (χ0v) is 13.6. The number of rotatable bonds is 5. The molecule has 0 amide bonds. The normalized spacial score (nSPS) is 24.6. The van der Waals surface area contributed by atoms with Crippen molar-refractivity contribution in [1.82, 2.24) is 4.90 Å². The molecule has 1 aromatic rings. The minimum absolute atomic E-state index is 0.205. The molecule has 1 saturated heterocycles. The van der Waals surface area contributed by atoms with E-state index in [1.54, 1.807) is 14.2 Å². The predicted molar refractivity (Wildman–Crippen MR) is 85.9 cm³/mol. The molecule has 2 N–H and O–H groups in total. The van der Waals surface area contributed by atoms with E-state index in [1.165, 1.54) is 6.42 Å². The fourth-order valence-corrected chi connectivity index (χ4v) is 3.53. The van der Waals surface area contributed by atoms with E-state index in [4.69, 9.17) is 15.2 Å². The first-order valence-corrected chi connectivity index (χ1v) is 7.75. The molecular weight excluding hydrogens is 264 g/mol. The third-order valence-electron chi connectivity index (χ3n) is 4.36. The highest BCUT2D eigenvalue weighted by Gasteiger charge is 2.29. The van der Waals surface area contributed by atoms with Crippen LogP contribution in [0.4, 0.5) is 0 Å². The first-order valence-electron chi connectivity index (χ1n) is 7.75. The Morgan fingerprint density at radius 3 is 2.38 bits per heavy atom. The van der Waals surface area contributed by atoms with E-state index < -0.39 is 0 Å². The van der Waals surface area contributed by atoms with Crippen LogP contribution in [0.5, 0.6) is 11.5 Å². The molecule has 1 heterocycles. The highest BCUT2D eigenvalue weighted by Crippen LogP contribution is 2.35. The van der Waals surface area contributed by atoms with Crippen LogP contribution in [0.2, 0.25) is 0 Å². The zero-order chi connectivity index (χ0) is 15.4. The number of benzene rings is 1. The predicted octanol–water partition coefficient (Wildman–Crippen LogP) is 2.68. The average molecular weight is 292 g/mol. The molecule has 0 spiro atoms. The average Bonchev–Trinajstić information content (AvgIpc) is 2.47. The lowest BCUT2D eigenvalue weighted by molar-refractivity contribution is 0.0970. The molecule has 118 valence electrons. The van der Waals surface area contributed by atoms with Crippen LogP contribution in [-0.4, -0.2) is 38.8 Å². The first-order chi connectivity index (χ1) is 10.1. The molecule has 1 aliphatic heterocycles. The molecule has 1 aliphatic rings. The summed E-state index contributed by atoms with van der Waals surface area (Å²) in [6, 6.07) is 6.21. The second-order valence-electron chi connectivity index (χ2n) is 6.26. The van der Waals surface area contributed by atoms with E-state index >= 15 is 0 Å². The number of likely N-dealkylation sites (tertiary alicyclic amines) is 1. The second-order valence-corrected chi connectivity index (χ2v) is 6.26. The van der Waals surface area contributed by atoms with Crippen molar-refractivity contribution in [1.29, 1.82) is 0 Å². The minimum atomic E-state index is 0.205. The van der Waals surface area contributed by atoms with Crippen LogP contribution in [0.1, 0.15) is 31.9 Å². The summed E-state index contributed by atoms with van der Waals surface area (Å²) in [7, 11) is 3.37. The molecule has 0 saturated carbocycles. The van der Waals surface area contributed by atoms with Crippen molar-refractivity contribution in [2.24, 2.45) is 17.6 Å². The Hall–Kier alpha value is -1.26. The number of nitrogens with zero attached hydrogens (tertiary/aromatic N) is 1. The van der Waals surface area contributed by atoms with Gasteiger partial charge in [0.15, 0.2) is 0 Å². The Bertz CT molecular complexity index is 454. The van der Waals surface area contributed by atoms with Crippen molar-refractivity contribution in [2.75, 3.05) is 33.9 Å².